The van der Waals surface area contributed by atoms with E-state index < -0.39 is 0 Å². The van der Waals surface area contributed by atoms with Crippen LogP contribution < -0.4 is 5.73 Å². The van der Waals surface area contributed by atoms with E-state index in [4.69, 9.17) is 28.9 Å². The highest BCUT2D eigenvalue weighted by Crippen LogP contribution is 2.26. The lowest BCUT2D eigenvalue weighted by molar-refractivity contribution is -0.120. The van der Waals surface area contributed by atoms with Gasteiger partial charge in [-0.15, -0.1) is 0 Å². The van der Waals surface area contributed by atoms with Gasteiger partial charge in [0, 0.05) is 0 Å². The molecule has 2 N–H and O–H groups in total. The molecule has 0 spiro atoms. The molecule has 0 saturated carbocycles. The number of nitrogens with zero attached hydrogens (tertiary/aromatic N) is 2. The Morgan fingerprint density at radius 2 is 2.14 bits per heavy atom. The summed E-state index contributed by atoms with van der Waals surface area (Å²) in [6.45, 7) is 5.80. The summed E-state index contributed by atoms with van der Waals surface area (Å²) in [4.78, 5) is 19.5. The van der Waals surface area contributed by atoms with E-state index in [1.807, 2.05) is 32.9 Å². The number of rotatable bonds is 7. The summed E-state index contributed by atoms with van der Waals surface area (Å²) in [5.74, 6) is -0.655. The number of carbonyl (C=O) groups excluding carboxylic acids is 1. The molecule has 1 unspecified atom stereocenters. The molecule has 120 valence electrons. The topological polar surface area (TPSA) is 68.9 Å². The fourth-order valence-corrected chi connectivity index (χ4v) is 2.56. The molecule has 0 radical (unpaired) electrons. The van der Waals surface area contributed by atoms with Crippen molar-refractivity contribution in [3.05, 3.63) is 45.5 Å². The van der Waals surface area contributed by atoms with E-state index in [2.05, 4.69) is 9.97 Å². The Hall–Kier alpha value is -1.39. The second-order valence-electron chi connectivity index (χ2n) is 4.94. The van der Waals surface area contributed by atoms with Gasteiger partial charge in [-0.3, -0.25) is 4.79 Å². The smallest absolute Gasteiger partial charge is 0.224 e. The standard InChI is InChI=1S/C16H21Cl2N3O/c1-4-6-12(10(3)15(19)22)11(5-2)7-8-14-13(17)9-20-16(18)21-14/h5-6,9-10H,4,7-8H2,1-3H3,(H2,19,22)/b11-5-,12-6-. The Balaban J connectivity index is 2.94. The van der Waals surface area contributed by atoms with E-state index in [-0.39, 0.29) is 17.1 Å². The summed E-state index contributed by atoms with van der Waals surface area (Å²) in [7, 11) is 0. The predicted molar refractivity (Wildman–Crippen MR) is 90.9 cm³/mol. The Kier molecular flexibility index (Phi) is 7.56. The van der Waals surface area contributed by atoms with E-state index in [0.717, 1.165) is 17.6 Å². The molecule has 0 aromatic carbocycles. The van der Waals surface area contributed by atoms with Crippen LogP contribution in [0.3, 0.4) is 0 Å². The second kappa shape index (κ2) is 8.91. The number of hydrogen-bond acceptors (Lipinski definition) is 3. The highest BCUT2D eigenvalue weighted by Gasteiger charge is 2.18. The van der Waals surface area contributed by atoms with E-state index in [0.29, 0.717) is 23.6 Å². The summed E-state index contributed by atoms with van der Waals surface area (Å²) in [6.07, 6.45) is 7.69. The van der Waals surface area contributed by atoms with Crippen molar-refractivity contribution in [1.82, 2.24) is 9.97 Å². The van der Waals surface area contributed by atoms with Gasteiger partial charge in [0.25, 0.3) is 0 Å². The van der Waals surface area contributed by atoms with Crippen LogP contribution in [-0.2, 0) is 11.2 Å². The number of nitrogens with two attached hydrogens (primary N) is 1. The first-order valence-corrected chi connectivity index (χ1v) is 7.98. The van der Waals surface area contributed by atoms with Crippen molar-refractivity contribution in [3.63, 3.8) is 0 Å². The Morgan fingerprint density at radius 1 is 1.45 bits per heavy atom. The molecular weight excluding hydrogens is 321 g/mol. The van der Waals surface area contributed by atoms with Gasteiger partial charge < -0.3 is 5.73 Å². The number of allylic oxidation sites excluding steroid dienone is 3. The van der Waals surface area contributed by atoms with Gasteiger partial charge in [0.2, 0.25) is 11.2 Å². The average molecular weight is 342 g/mol. The van der Waals surface area contributed by atoms with Crippen molar-refractivity contribution in [1.29, 1.82) is 0 Å². The molecular formula is C16H21Cl2N3O. The summed E-state index contributed by atoms with van der Waals surface area (Å²) < 4.78 is 0. The van der Waals surface area contributed by atoms with Crippen molar-refractivity contribution >= 4 is 29.1 Å². The van der Waals surface area contributed by atoms with Gasteiger partial charge in [-0.05, 0) is 55.9 Å². The molecule has 6 heteroatoms. The summed E-state index contributed by atoms with van der Waals surface area (Å²) in [6, 6.07) is 0. The fourth-order valence-electron chi connectivity index (χ4n) is 2.22. The molecule has 0 aliphatic carbocycles. The molecule has 22 heavy (non-hydrogen) atoms. The van der Waals surface area contributed by atoms with Crippen LogP contribution in [0.2, 0.25) is 10.3 Å². The first kappa shape index (κ1) is 18.7. The van der Waals surface area contributed by atoms with Crippen LogP contribution in [0.5, 0.6) is 0 Å². The van der Waals surface area contributed by atoms with Crippen molar-refractivity contribution in [2.75, 3.05) is 0 Å². The molecule has 1 heterocycles. The van der Waals surface area contributed by atoms with Crippen LogP contribution in [0.25, 0.3) is 0 Å². The first-order chi connectivity index (χ1) is 10.4. The monoisotopic (exact) mass is 341 g/mol. The third kappa shape index (κ3) is 5.11. The number of amides is 1. The quantitative estimate of drug-likeness (QED) is 0.599. The van der Waals surface area contributed by atoms with Gasteiger partial charge in [-0.2, -0.15) is 0 Å². The highest BCUT2D eigenvalue weighted by atomic mass is 35.5. The number of aromatic nitrogens is 2. The number of halogens is 2. The molecule has 4 nitrogen and oxygen atoms in total. The van der Waals surface area contributed by atoms with Crippen molar-refractivity contribution in [3.8, 4) is 0 Å². The SMILES string of the molecule is C/C=C(CCc1nc(Cl)ncc1Cl)\C(=C/CC)C(C)C(N)=O. The molecule has 1 rings (SSSR count). The molecule has 1 atom stereocenters. The van der Waals surface area contributed by atoms with Gasteiger partial charge in [-0.25, -0.2) is 9.97 Å². The molecule has 1 aromatic rings. The maximum Gasteiger partial charge on any atom is 0.224 e. The zero-order valence-corrected chi connectivity index (χ0v) is 14.6. The molecule has 0 fully saturated rings. The van der Waals surface area contributed by atoms with Gasteiger partial charge in [0.05, 0.1) is 22.8 Å². The second-order valence-corrected chi connectivity index (χ2v) is 5.68. The minimum Gasteiger partial charge on any atom is -0.369 e. The largest absolute Gasteiger partial charge is 0.369 e. The van der Waals surface area contributed by atoms with Gasteiger partial charge in [0.1, 0.15) is 0 Å². The summed E-state index contributed by atoms with van der Waals surface area (Å²) in [5.41, 5.74) is 8.18. The summed E-state index contributed by atoms with van der Waals surface area (Å²) >= 11 is 11.9. The van der Waals surface area contributed by atoms with Gasteiger partial charge in [-0.1, -0.05) is 30.7 Å². The third-order valence-corrected chi connectivity index (χ3v) is 3.95. The zero-order valence-electron chi connectivity index (χ0n) is 13.1. The predicted octanol–water partition coefficient (Wildman–Crippen LogP) is 4.12. The van der Waals surface area contributed by atoms with Crippen LogP contribution in [0.1, 0.15) is 39.3 Å². The Bertz CT molecular complexity index is 597. The molecule has 1 amide bonds. The fraction of sp³-hybridized carbons (Fsp3) is 0.438. The number of hydrogen-bond donors (Lipinski definition) is 1. The average Bonchev–Trinajstić information content (AvgIpc) is 2.49. The molecule has 0 saturated heterocycles. The van der Waals surface area contributed by atoms with E-state index in [9.17, 15) is 4.79 Å². The Labute approximate surface area is 141 Å². The Morgan fingerprint density at radius 3 is 2.68 bits per heavy atom. The van der Waals surface area contributed by atoms with E-state index >= 15 is 0 Å². The van der Waals surface area contributed by atoms with Crippen molar-refractivity contribution < 1.29 is 4.79 Å². The zero-order chi connectivity index (χ0) is 16.7. The number of aryl methyl sites for hydroxylation is 1. The van der Waals surface area contributed by atoms with Gasteiger partial charge in [0.15, 0.2) is 0 Å². The third-order valence-electron chi connectivity index (χ3n) is 3.46. The van der Waals surface area contributed by atoms with Crippen molar-refractivity contribution in [2.24, 2.45) is 11.7 Å². The normalized spacial score (nSPS) is 14.0. The number of primary amides is 1. The van der Waals surface area contributed by atoms with Crippen LogP contribution in [0.4, 0.5) is 0 Å². The van der Waals surface area contributed by atoms with Gasteiger partial charge >= 0.3 is 0 Å². The highest BCUT2D eigenvalue weighted by molar-refractivity contribution is 6.31. The molecule has 1 aromatic heterocycles. The molecule has 0 aliphatic rings. The molecule has 0 bridgehead atoms. The lowest BCUT2D eigenvalue weighted by Gasteiger charge is -2.17. The lowest BCUT2D eigenvalue weighted by Crippen LogP contribution is -2.23. The molecule has 0 aliphatic heterocycles. The minimum atomic E-state index is -0.331. The summed E-state index contributed by atoms with van der Waals surface area (Å²) in [5, 5.41) is 0.667. The van der Waals surface area contributed by atoms with Crippen molar-refractivity contribution in [2.45, 2.75) is 40.0 Å². The van der Waals surface area contributed by atoms with Crippen LogP contribution in [0.15, 0.2) is 29.5 Å². The van der Waals surface area contributed by atoms with Crippen LogP contribution in [-0.4, -0.2) is 15.9 Å². The number of carbonyl (C=O) groups is 1. The van der Waals surface area contributed by atoms with E-state index in [1.54, 1.807) is 0 Å². The lowest BCUT2D eigenvalue weighted by atomic mass is 9.89. The van der Waals surface area contributed by atoms with Crippen LogP contribution >= 0.6 is 23.2 Å². The maximum absolute atomic E-state index is 11.5. The maximum atomic E-state index is 11.5. The van der Waals surface area contributed by atoms with E-state index in [1.165, 1.54) is 6.20 Å². The first-order valence-electron chi connectivity index (χ1n) is 7.22. The van der Waals surface area contributed by atoms with Crippen LogP contribution in [0, 0.1) is 5.92 Å². The minimum absolute atomic E-state index is 0.177.